The van der Waals surface area contributed by atoms with Crippen LogP contribution in [0.25, 0.3) is 0 Å². The quantitative estimate of drug-likeness (QED) is 0.897. The highest BCUT2D eigenvalue weighted by Crippen LogP contribution is 2.23. The number of ether oxygens (including phenoxy) is 1. The van der Waals surface area contributed by atoms with E-state index in [-0.39, 0.29) is 12.1 Å². The number of halogens is 1. The van der Waals surface area contributed by atoms with Crippen LogP contribution in [0.5, 0.6) is 0 Å². The van der Waals surface area contributed by atoms with Crippen LogP contribution in [0.15, 0.2) is 24.3 Å². The summed E-state index contributed by atoms with van der Waals surface area (Å²) in [6.45, 7) is 6.49. The molecular weight excluding hydrogens is 300 g/mol. The first-order chi connectivity index (χ1) is 10.5. The largest absolute Gasteiger partial charge is 0.381 e. The Bertz CT molecular complexity index is 484. The van der Waals surface area contributed by atoms with Crippen LogP contribution in [-0.2, 0) is 4.74 Å². The molecule has 5 heteroatoms. The first kappa shape index (κ1) is 17.1. The average molecular weight is 325 g/mol. The van der Waals surface area contributed by atoms with E-state index in [1.54, 1.807) is 4.90 Å². The lowest BCUT2D eigenvalue weighted by Gasteiger charge is -2.27. The second kappa shape index (κ2) is 7.84. The van der Waals surface area contributed by atoms with Gasteiger partial charge in [0.05, 0.1) is 12.6 Å². The zero-order chi connectivity index (χ0) is 16.1. The van der Waals surface area contributed by atoms with Crippen molar-refractivity contribution in [1.82, 2.24) is 10.2 Å². The summed E-state index contributed by atoms with van der Waals surface area (Å²) in [5.74, 6) is 0.747. The lowest BCUT2D eigenvalue weighted by molar-refractivity contribution is 0.169. The van der Waals surface area contributed by atoms with E-state index in [0.717, 1.165) is 31.7 Å². The molecule has 1 aromatic rings. The van der Waals surface area contributed by atoms with Gasteiger partial charge < -0.3 is 15.0 Å². The van der Waals surface area contributed by atoms with Gasteiger partial charge in [0.2, 0.25) is 0 Å². The van der Waals surface area contributed by atoms with Crippen molar-refractivity contribution >= 4 is 17.6 Å². The van der Waals surface area contributed by atoms with E-state index in [2.05, 4.69) is 19.2 Å². The van der Waals surface area contributed by atoms with Gasteiger partial charge in [-0.25, -0.2) is 4.79 Å². The van der Waals surface area contributed by atoms with Gasteiger partial charge in [-0.05, 0) is 30.0 Å². The van der Waals surface area contributed by atoms with Crippen molar-refractivity contribution in [3.05, 3.63) is 34.9 Å². The molecule has 2 amide bonds. The fourth-order valence-corrected chi connectivity index (χ4v) is 2.87. The second-order valence-electron chi connectivity index (χ2n) is 6.33. The predicted octanol–water partition coefficient (Wildman–Crippen LogP) is 3.72. The molecule has 2 atom stereocenters. The molecule has 1 saturated heterocycles. The number of rotatable bonds is 5. The molecule has 1 fully saturated rings. The Kier molecular flexibility index (Phi) is 6.09. The molecule has 0 radical (unpaired) electrons. The molecule has 122 valence electrons. The molecule has 4 nitrogen and oxygen atoms in total. The van der Waals surface area contributed by atoms with Crippen LogP contribution in [0.2, 0.25) is 5.02 Å². The van der Waals surface area contributed by atoms with Gasteiger partial charge >= 0.3 is 6.03 Å². The van der Waals surface area contributed by atoms with Crippen molar-refractivity contribution in [2.45, 2.75) is 26.3 Å². The first-order valence-electron chi connectivity index (χ1n) is 7.82. The van der Waals surface area contributed by atoms with E-state index in [9.17, 15) is 4.79 Å². The zero-order valence-electron chi connectivity index (χ0n) is 13.5. The predicted molar refractivity (Wildman–Crippen MR) is 89.1 cm³/mol. The molecule has 1 aliphatic heterocycles. The molecule has 1 aliphatic rings. The summed E-state index contributed by atoms with van der Waals surface area (Å²) in [5.41, 5.74) is 1.07. The van der Waals surface area contributed by atoms with Crippen molar-refractivity contribution in [3.8, 4) is 0 Å². The first-order valence-corrected chi connectivity index (χ1v) is 8.20. The lowest BCUT2D eigenvalue weighted by Crippen LogP contribution is -2.42. The summed E-state index contributed by atoms with van der Waals surface area (Å²) in [6.07, 6.45) is 1.03. The monoisotopic (exact) mass is 324 g/mol. The van der Waals surface area contributed by atoms with Crippen molar-refractivity contribution < 1.29 is 9.53 Å². The Morgan fingerprint density at radius 2 is 2.09 bits per heavy atom. The SMILES string of the molecule is CC(C)C(NC(=O)N(C)CC1CCOC1)c1ccc(Cl)cc1. The fraction of sp³-hybridized carbons (Fsp3) is 0.588. The number of benzene rings is 1. The topological polar surface area (TPSA) is 41.6 Å². The number of hydrogen-bond donors (Lipinski definition) is 1. The van der Waals surface area contributed by atoms with Gasteiger partial charge in [-0.2, -0.15) is 0 Å². The van der Waals surface area contributed by atoms with Crippen molar-refractivity contribution in [2.75, 3.05) is 26.8 Å². The minimum atomic E-state index is -0.0412. The Labute approximate surface area is 137 Å². The third kappa shape index (κ3) is 4.62. The van der Waals surface area contributed by atoms with Crippen LogP contribution < -0.4 is 5.32 Å². The number of carbonyl (C=O) groups is 1. The molecule has 0 aromatic heterocycles. The van der Waals surface area contributed by atoms with E-state index in [1.807, 2.05) is 31.3 Å². The molecule has 0 saturated carbocycles. The molecule has 22 heavy (non-hydrogen) atoms. The third-order valence-corrected chi connectivity index (χ3v) is 4.33. The molecule has 0 bridgehead atoms. The van der Waals surface area contributed by atoms with Crippen LogP contribution in [0.1, 0.15) is 31.9 Å². The molecule has 1 N–H and O–H groups in total. The maximum absolute atomic E-state index is 12.4. The van der Waals surface area contributed by atoms with Crippen molar-refractivity contribution in [1.29, 1.82) is 0 Å². The van der Waals surface area contributed by atoms with Gasteiger partial charge in [0.25, 0.3) is 0 Å². The van der Waals surface area contributed by atoms with E-state index < -0.39 is 0 Å². The molecule has 2 unspecified atom stereocenters. The second-order valence-corrected chi connectivity index (χ2v) is 6.77. The average Bonchev–Trinajstić information content (AvgIpc) is 2.98. The van der Waals surface area contributed by atoms with Crippen LogP contribution >= 0.6 is 11.6 Å². The Hall–Kier alpha value is -1.26. The summed E-state index contributed by atoms with van der Waals surface area (Å²) in [7, 11) is 1.84. The number of hydrogen-bond acceptors (Lipinski definition) is 2. The zero-order valence-corrected chi connectivity index (χ0v) is 14.3. The standard InChI is InChI=1S/C17H25ClN2O2/c1-12(2)16(14-4-6-15(18)7-5-14)19-17(21)20(3)10-13-8-9-22-11-13/h4-7,12-13,16H,8-11H2,1-3H3,(H,19,21). The van der Waals surface area contributed by atoms with Crippen molar-refractivity contribution in [2.24, 2.45) is 11.8 Å². The summed E-state index contributed by atoms with van der Waals surface area (Å²) in [5, 5.41) is 3.83. The van der Waals surface area contributed by atoms with E-state index in [0.29, 0.717) is 16.9 Å². The van der Waals surface area contributed by atoms with E-state index in [4.69, 9.17) is 16.3 Å². The fourth-order valence-electron chi connectivity index (χ4n) is 2.75. The molecule has 1 aromatic carbocycles. The van der Waals surface area contributed by atoms with E-state index in [1.165, 1.54) is 0 Å². The van der Waals surface area contributed by atoms with Gasteiger partial charge in [-0.3, -0.25) is 0 Å². The molecular formula is C17H25ClN2O2. The summed E-state index contributed by atoms with van der Waals surface area (Å²) in [6, 6.07) is 7.60. The number of nitrogens with one attached hydrogen (secondary N) is 1. The Morgan fingerprint density at radius 1 is 1.41 bits per heavy atom. The van der Waals surface area contributed by atoms with Crippen molar-refractivity contribution in [3.63, 3.8) is 0 Å². The van der Waals surface area contributed by atoms with E-state index >= 15 is 0 Å². The Morgan fingerprint density at radius 3 is 2.64 bits per heavy atom. The molecule has 0 spiro atoms. The summed E-state index contributed by atoms with van der Waals surface area (Å²) >= 11 is 5.94. The van der Waals surface area contributed by atoms with Gasteiger partial charge in [-0.15, -0.1) is 0 Å². The van der Waals surface area contributed by atoms with Gasteiger partial charge in [0, 0.05) is 31.1 Å². The highest BCUT2D eigenvalue weighted by atomic mass is 35.5. The lowest BCUT2D eigenvalue weighted by atomic mass is 9.96. The highest BCUT2D eigenvalue weighted by molar-refractivity contribution is 6.30. The highest BCUT2D eigenvalue weighted by Gasteiger charge is 2.23. The number of urea groups is 1. The number of amides is 2. The maximum Gasteiger partial charge on any atom is 0.317 e. The van der Waals surface area contributed by atoms with Crippen LogP contribution in [-0.4, -0.2) is 37.7 Å². The minimum Gasteiger partial charge on any atom is -0.381 e. The Balaban J connectivity index is 1.97. The van der Waals surface area contributed by atoms with Gasteiger partial charge in [0.1, 0.15) is 0 Å². The number of nitrogens with zero attached hydrogens (tertiary/aromatic N) is 1. The number of carbonyl (C=O) groups excluding carboxylic acids is 1. The van der Waals surface area contributed by atoms with Gasteiger partial charge in [0.15, 0.2) is 0 Å². The van der Waals surface area contributed by atoms with Crippen LogP contribution in [0.3, 0.4) is 0 Å². The van der Waals surface area contributed by atoms with Crippen LogP contribution in [0.4, 0.5) is 4.79 Å². The minimum absolute atomic E-state index is 0.0213. The van der Waals surface area contributed by atoms with Crippen LogP contribution in [0, 0.1) is 11.8 Å². The smallest absolute Gasteiger partial charge is 0.317 e. The van der Waals surface area contributed by atoms with Gasteiger partial charge in [-0.1, -0.05) is 37.6 Å². The normalized spacial score (nSPS) is 19.2. The summed E-state index contributed by atoms with van der Waals surface area (Å²) in [4.78, 5) is 14.2. The molecule has 2 rings (SSSR count). The summed E-state index contributed by atoms with van der Waals surface area (Å²) < 4.78 is 5.37. The molecule has 0 aliphatic carbocycles. The molecule has 1 heterocycles. The third-order valence-electron chi connectivity index (χ3n) is 4.08. The maximum atomic E-state index is 12.4.